The summed E-state index contributed by atoms with van der Waals surface area (Å²) < 4.78 is 13.3. The molecule has 0 amide bonds. The smallest absolute Gasteiger partial charge is 0.191 e. The molecular formula is C18H33IN4O2. The first-order valence-corrected chi connectivity index (χ1v) is 9.17. The fourth-order valence-corrected chi connectivity index (χ4v) is 2.68. The maximum Gasteiger partial charge on any atom is 0.191 e. The first-order valence-electron chi connectivity index (χ1n) is 9.17. The van der Waals surface area contributed by atoms with E-state index >= 15 is 0 Å². The van der Waals surface area contributed by atoms with Gasteiger partial charge in [-0.3, -0.25) is 4.99 Å². The van der Waals surface area contributed by atoms with E-state index in [9.17, 15) is 0 Å². The Labute approximate surface area is 168 Å². The van der Waals surface area contributed by atoms with E-state index in [0.29, 0.717) is 5.92 Å². The number of rotatable bonds is 10. The molecule has 2 rings (SSSR count). The highest BCUT2D eigenvalue weighted by molar-refractivity contribution is 14.0. The fourth-order valence-electron chi connectivity index (χ4n) is 2.68. The van der Waals surface area contributed by atoms with E-state index in [1.807, 2.05) is 12.1 Å². The summed E-state index contributed by atoms with van der Waals surface area (Å²) in [5, 5.41) is 6.65. The predicted octanol–water partition coefficient (Wildman–Crippen LogP) is 2.49. The third-order valence-corrected chi connectivity index (χ3v) is 4.08. The summed E-state index contributed by atoms with van der Waals surface area (Å²) in [7, 11) is 0. The van der Waals surface area contributed by atoms with Crippen LogP contribution in [0.2, 0.25) is 0 Å². The predicted molar refractivity (Wildman–Crippen MR) is 113 cm³/mol. The third kappa shape index (κ3) is 10.1. The van der Waals surface area contributed by atoms with Crippen molar-refractivity contribution in [1.82, 2.24) is 15.2 Å². The van der Waals surface area contributed by atoms with Gasteiger partial charge in [0.1, 0.15) is 0 Å². The largest absolute Gasteiger partial charge is 0.381 e. The van der Waals surface area contributed by atoms with Crippen molar-refractivity contribution in [2.45, 2.75) is 32.7 Å². The Balaban J connectivity index is 0.00000312. The number of halogens is 1. The van der Waals surface area contributed by atoms with E-state index in [-0.39, 0.29) is 24.0 Å². The van der Waals surface area contributed by atoms with Gasteiger partial charge in [-0.2, -0.15) is 0 Å². The number of aromatic nitrogens is 1. The highest BCUT2D eigenvalue weighted by Gasteiger charge is 2.13. The van der Waals surface area contributed by atoms with Crippen LogP contribution in [0.1, 0.15) is 26.2 Å². The Bertz CT molecular complexity index is 448. The van der Waals surface area contributed by atoms with Crippen LogP contribution in [0.25, 0.3) is 0 Å². The number of ether oxygens (including phenoxy) is 2. The molecule has 0 bridgehead atoms. The molecule has 0 saturated carbocycles. The number of nitrogens with zero attached hydrogens (tertiary/aromatic N) is 2. The Morgan fingerprint density at radius 2 is 2.00 bits per heavy atom. The molecule has 1 saturated heterocycles. The van der Waals surface area contributed by atoms with Crippen molar-refractivity contribution in [3.63, 3.8) is 0 Å². The summed E-state index contributed by atoms with van der Waals surface area (Å²) in [4.78, 5) is 4.60. The van der Waals surface area contributed by atoms with Gasteiger partial charge < -0.3 is 24.7 Å². The van der Waals surface area contributed by atoms with E-state index in [2.05, 4.69) is 39.5 Å². The second kappa shape index (κ2) is 14.4. The maximum atomic E-state index is 5.78. The lowest BCUT2D eigenvalue weighted by Gasteiger charge is -2.21. The number of guanidine groups is 1. The summed E-state index contributed by atoms with van der Waals surface area (Å²) in [5.74, 6) is 1.56. The summed E-state index contributed by atoms with van der Waals surface area (Å²) in [5.41, 5.74) is 0. The van der Waals surface area contributed by atoms with E-state index in [1.165, 1.54) is 0 Å². The van der Waals surface area contributed by atoms with Crippen LogP contribution >= 0.6 is 24.0 Å². The van der Waals surface area contributed by atoms with Gasteiger partial charge in [0.2, 0.25) is 0 Å². The average molecular weight is 464 g/mol. The van der Waals surface area contributed by atoms with Crippen LogP contribution in [-0.4, -0.2) is 56.6 Å². The van der Waals surface area contributed by atoms with Crippen LogP contribution in [0, 0.1) is 5.92 Å². The van der Waals surface area contributed by atoms with Gasteiger partial charge in [-0.05, 0) is 44.2 Å². The van der Waals surface area contributed by atoms with E-state index < -0.39 is 0 Å². The van der Waals surface area contributed by atoms with Crippen molar-refractivity contribution in [3.8, 4) is 0 Å². The van der Waals surface area contributed by atoms with Crippen molar-refractivity contribution in [2.75, 3.05) is 46.1 Å². The molecule has 1 fully saturated rings. The molecule has 0 radical (unpaired) electrons. The highest BCUT2D eigenvalue weighted by Crippen LogP contribution is 2.14. The molecule has 1 aromatic rings. The van der Waals surface area contributed by atoms with Gasteiger partial charge in [0.25, 0.3) is 0 Å². The number of hydrogen-bond acceptors (Lipinski definition) is 3. The Hall–Kier alpha value is -0.800. The molecule has 0 unspecified atom stereocenters. The molecule has 7 heteroatoms. The number of nitrogens with one attached hydrogen (secondary N) is 2. The Morgan fingerprint density at radius 3 is 2.72 bits per heavy atom. The summed E-state index contributed by atoms with van der Waals surface area (Å²) in [6.07, 6.45) is 7.36. The molecule has 2 heterocycles. The Kier molecular flexibility index (Phi) is 12.8. The lowest BCUT2D eigenvalue weighted by Crippen LogP contribution is -2.38. The second-order valence-corrected chi connectivity index (χ2v) is 6.09. The van der Waals surface area contributed by atoms with Gasteiger partial charge >= 0.3 is 0 Å². The standard InChI is InChI=1S/C18H32N4O2.HI/c1-2-19-18(21-9-12-22-10-3-4-11-22)20-8-5-13-24-16-17-6-14-23-15-7-17;/h3-4,10-11,17H,2,5-9,12-16H2,1H3,(H2,19,20,21);1H. The zero-order valence-corrected chi connectivity index (χ0v) is 17.6. The van der Waals surface area contributed by atoms with E-state index in [0.717, 1.165) is 77.8 Å². The first kappa shape index (κ1) is 22.2. The van der Waals surface area contributed by atoms with Crippen molar-refractivity contribution < 1.29 is 9.47 Å². The quantitative estimate of drug-likeness (QED) is 0.242. The normalized spacial score (nSPS) is 15.6. The molecule has 1 aliphatic rings. The molecular weight excluding hydrogens is 431 g/mol. The summed E-state index contributed by atoms with van der Waals surface area (Å²) >= 11 is 0. The van der Waals surface area contributed by atoms with Crippen LogP contribution in [0.3, 0.4) is 0 Å². The number of hydrogen-bond donors (Lipinski definition) is 2. The van der Waals surface area contributed by atoms with Crippen molar-refractivity contribution in [1.29, 1.82) is 0 Å². The molecule has 1 aromatic heterocycles. The minimum absolute atomic E-state index is 0. The molecule has 25 heavy (non-hydrogen) atoms. The van der Waals surface area contributed by atoms with Crippen LogP contribution in [0.15, 0.2) is 29.5 Å². The molecule has 144 valence electrons. The monoisotopic (exact) mass is 464 g/mol. The molecule has 1 aliphatic heterocycles. The molecule has 6 nitrogen and oxygen atoms in total. The number of aliphatic imine (C=N–C) groups is 1. The van der Waals surface area contributed by atoms with Gasteiger partial charge in [0, 0.05) is 65.0 Å². The summed E-state index contributed by atoms with van der Waals surface area (Å²) in [6.45, 7) is 8.96. The highest BCUT2D eigenvalue weighted by atomic mass is 127. The Morgan fingerprint density at radius 1 is 1.24 bits per heavy atom. The molecule has 0 atom stereocenters. The first-order chi connectivity index (χ1) is 11.9. The zero-order valence-electron chi connectivity index (χ0n) is 15.3. The lowest BCUT2D eigenvalue weighted by molar-refractivity contribution is 0.0205. The SMILES string of the molecule is CCNC(=NCCCOCC1CCOCC1)NCCn1cccc1.I. The van der Waals surface area contributed by atoms with Gasteiger partial charge in [-0.1, -0.05) is 0 Å². The van der Waals surface area contributed by atoms with Gasteiger partial charge in [0.05, 0.1) is 0 Å². The van der Waals surface area contributed by atoms with Crippen LogP contribution in [0.4, 0.5) is 0 Å². The van der Waals surface area contributed by atoms with Crippen molar-refractivity contribution in [2.24, 2.45) is 10.9 Å². The van der Waals surface area contributed by atoms with E-state index in [1.54, 1.807) is 0 Å². The second-order valence-electron chi connectivity index (χ2n) is 6.09. The van der Waals surface area contributed by atoms with Gasteiger partial charge in [-0.15, -0.1) is 24.0 Å². The van der Waals surface area contributed by atoms with Crippen LogP contribution in [-0.2, 0) is 16.0 Å². The molecule has 0 aliphatic carbocycles. The molecule has 0 aromatic carbocycles. The molecule has 2 N–H and O–H groups in total. The topological polar surface area (TPSA) is 59.8 Å². The third-order valence-electron chi connectivity index (χ3n) is 4.08. The van der Waals surface area contributed by atoms with Gasteiger partial charge in [0.15, 0.2) is 5.96 Å². The minimum Gasteiger partial charge on any atom is -0.381 e. The van der Waals surface area contributed by atoms with Crippen molar-refractivity contribution >= 4 is 29.9 Å². The maximum absolute atomic E-state index is 5.78. The fraction of sp³-hybridized carbons (Fsp3) is 0.722. The van der Waals surface area contributed by atoms with Crippen LogP contribution < -0.4 is 10.6 Å². The average Bonchev–Trinajstić information content (AvgIpc) is 3.12. The zero-order chi connectivity index (χ0) is 16.9. The lowest BCUT2D eigenvalue weighted by atomic mass is 10.0. The minimum atomic E-state index is 0. The van der Waals surface area contributed by atoms with Gasteiger partial charge in [-0.25, -0.2) is 0 Å². The van der Waals surface area contributed by atoms with Crippen LogP contribution in [0.5, 0.6) is 0 Å². The van der Waals surface area contributed by atoms with E-state index in [4.69, 9.17) is 9.47 Å². The summed E-state index contributed by atoms with van der Waals surface area (Å²) in [6, 6.07) is 4.08. The molecule has 0 spiro atoms. The van der Waals surface area contributed by atoms with Crippen molar-refractivity contribution in [3.05, 3.63) is 24.5 Å².